The molecule has 4 fully saturated rings. The topological polar surface area (TPSA) is 122 Å². The van der Waals surface area contributed by atoms with Gasteiger partial charge in [0.2, 0.25) is 0 Å². The van der Waals surface area contributed by atoms with E-state index in [4.69, 9.17) is 24.0 Å². The zero-order valence-electron chi connectivity index (χ0n) is 25.6. The third-order valence-corrected chi connectivity index (χ3v) is 12.7. The Morgan fingerprint density at radius 1 is 1.15 bits per heavy atom. The summed E-state index contributed by atoms with van der Waals surface area (Å²) in [5, 5.41) is 0.948. The van der Waals surface area contributed by atoms with Gasteiger partial charge in [-0.15, -0.1) is 0 Å². The standard InChI is InChI=1S/C31H31ClF3N7O4S.Tl/c32-24-22(34)4-3-17-9-19(43)10-20(23(17)24)26-25(35)27-21(12-36-26)28(41-7-1-5-30(15-41)14-37-47(44,45)40-30)39-29(38-27)46-16-31-6-2-8-42(31)13-18(33)11-31;/h3-4,9-10,12,18,37,40,43H,1-2,5-8,11,13-16H2;/q;+1/p-1/t18-,30+,31+;/m1./s1. The molecule has 0 unspecified atom stereocenters. The van der Waals surface area contributed by atoms with E-state index >= 15 is 4.39 Å². The molecule has 2 aromatic heterocycles. The molecule has 250 valence electrons. The number of fused-ring (bicyclic) bond motifs is 3. The maximum Gasteiger partial charge on any atom is -0.193 e. The minimum Gasteiger partial charge on any atom is -0.193 e. The minimum absolute atomic E-state index is 0.0833. The average Bonchev–Trinajstić information content (AvgIpc) is 3.69. The van der Waals surface area contributed by atoms with Crippen LogP contribution in [-0.4, -0.2) is 111 Å². The third kappa shape index (κ3) is 5.57. The Morgan fingerprint density at radius 3 is 2.77 bits per heavy atom. The van der Waals surface area contributed by atoms with E-state index in [1.807, 2.05) is 4.90 Å². The Labute approximate surface area is 296 Å². The molecule has 0 aliphatic carbocycles. The van der Waals surface area contributed by atoms with Crippen LogP contribution in [0.15, 0.2) is 30.5 Å². The smallest absolute Gasteiger partial charge is 0.193 e. The normalized spacial score (nSPS) is 26.9. The van der Waals surface area contributed by atoms with Crippen LogP contribution in [-0.2, 0) is 10.2 Å². The minimum atomic E-state index is -3.65. The molecule has 6 heterocycles. The molecule has 0 saturated carbocycles. The van der Waals surface area contributed by atoms with Crippen molar-refractivity contribution in [1.29, 1.82) is 0 Å². The van der Waals surface area contributed by atoms with Gasteiger partial charge in [0.1, 0.15) is 6.17 Å². The Bertz CT molecular complexity index is 2080. The van der Waals surface area contributed by atoms with Gasteiger partial charge in [-0.1, -0.05) is 0 Å². The van der Waals surface area contributed by atoms with Crippen LogP contribution in [0.5, 0.6) is 11.8 Å². The predicted octanol–water partition coefficient (Wildman–Crippen LogP) is 3.97. The summed E-state index contributed by atoms with van der Waals surface area (Å²) in [6, 6.07) is 6.00. The first-order valence-electron chi connectivity index (χ1n) is 15.7. The number of ether oxygens (including phenoxy) is 1. The van der Waals surface area contributed by atoms with Gasteiger partial charge in [-0.3, -0.25) is 4.90 Å². The van der Waals surface area contributed by atoms with Gasteiger partial charge in [0, 0.05) is 19.5 Å². The van der Waals surface area contributed by atoms with Crippen molar-refractivity contribution in [3.05, 3.63) is 47.1 Å². The summed E-state index contributed by atoms with van der Waals surface area (Å²) in [6.45, 7) is 2.22. The first-order chi connectivity index (χ1) is 23.0. The summed E-state index contributed by atoms with van der Waals surface area (Å²) >= 11 is 6.58. The molecule has 4 saturated heterocycles. The molecular weight excluding hydrogens is 863 g/mol. The van der Waals surface area contributed by atoms with Crippen LogP contribution in [0, 0.1) is 11.6 Å². The number of piperidine rings is 1. The second-order valence-electron chi connectivity index (χ2n) is 13.2. The fraction of sp³-hybridized carbons (Fsp3) is 0.452. The van der Waals surface area contributed by atoms with Crippen LogP contribution in [0.4, 0.5) is 19.0 Å². The van der Waals surface area contributed by atoms with E-state index in [0.717, 1.165) is 19.4 Å². The number of alkyl halides is 1. The van der Waals surface area contributed by atoms with Crippen molar-refractivity contribution in [1.82, 2.24) is 29.3 Å². The molecule has 2 N–H and O–H groups in total. The Hall–Kier alpha value is -2.58. The zero-order chi connectivity index (χ0) is 33.4. The third-order valence-electron chi connectivity index (χ3n) is 10.1. The number of hydrogen-bond acceptors (Lipinski definition) is 9. The molecule has 2 aromatic carbocycles. The van der Waals surface area contributed by atoms with Crippen molar-refractivity contribution < 1.29 is 29.0 Å². The number of hydrogen-bond donors (Lipinski definition) is 2. The second kappa shape index (κ2) is 12.0. The van der Waals surface area contributed by atoms with Crippen LogP contribution in [0.2, 0.25) is 5.02 Å². The molecule has 4 aliphatic rings. The van der Waals surface area contributed by atoms with Crippen LogP contribution >= 0.6 is 11.6 Å². The van der Waals surface area contributed by atoms with Crippen molar-refractivity contribution in [3.63, 3.8) is 0 Å². The molecule has 0 bridgehead atoms. The maximum atomic E-state index is 16.9. The zero-order valence-corrected chi connectivity index (χ0v) is 31.7. The summed E-state index contributed by atoms with van der Waals surface area (Å²) < 4.78 is 87.9. The fourth-order valence-corrected chi connectivity index (χ4v) is 10.1. The van der Waals surface area contributed by atoms with Crippen molar-refractivity contribution in [2.45, 2.75) is 49.4 Å². The van der Waals surface area contributed by atoms with E-state index in [1.54, 1.807) is 18.2 Å². The predicted molar refractivity (Wildman–Crippen MR) is 174 cm³/mol. The van der Waals surface area contributed by atoms with Gasteiger partial charge >= 0.3 is 209 Å². The first kappa shape index (κ1) is 32.6. The number of nitrogens with zero attached hydrogens (tertiary/aromatic N) is 5. The number of pyridine rings is 1. The SMILES string of the molecule is O=S1(=O)NC[C@]2(CCCN(c3nc(OC[C@@]45CCCN4C[C@H](F)C5)nc4c(F)c(-c5cc([O][Tl])cc6ccc(F)c(Cl)c56)ncc34)C2)N1. The van der Waals surface area contributed by atoms with Crippen LogP contribution in [0.3, 0.4) is 0 Å². The Kier molecular flexibility index (Phi) is 8.18. The van der Waals surface area contributed by atoms with Crippen molar-refractivity contribution in [2.24, 2.45) is 0 Å². The molecule has 3 atom stereocenters. The van der Waals surface area contributed by atoms with Crippen LogP contribution < -0.4 is 21.8 Å². The van der Waals surface area contributed by atoms with E-state index in [-0.39, 0.29) is 84.5 Å². The summed E-state index contributed by atoms with van der Waals surface area (Å²) in [7, 11) is -3.65. The van der Waals surface area contributed by atoms with E-state index in [2.05, 4.69) is 24.3 Å². The van der Waals surface area contributed by atoms with Gasteiger partial charge in [0.05, 0.1) is 0 Å². The molecule has 4 aromatic rings. The molecule has 0 radical (unpaired) electrons. The monoisotopic (exact) mass is 893 g/mol. The molecule has 17 heteroatoms. The fourth-order valence-electron chi connectivity index (χ4n) is 7.92. The van der Waals surface area contributed by atoms with Gasteiger partial charge in [0.25, 0.3) is 10.2 Å². The number of halogens is 4. The molecular formula is C31H30ClF3N7O4STl. The number of rotatable bonds is 6. The summed E-state index contributed by atoms with van der Waals surface area (Å²) in [6.07, 6.45) is 3.76. The van der Waals surface area contributed by atoms with E-state index in [0.29, 0.717) is 49.3 Å². The van der Waals surface area contributed by atoms with Gasteiger partial charge in [-0.2, -0.15) is 13.1 Å². The molecule has 11 nitrogen and oxygen atoms in total. The summed E-state index contributed by atoms with van der Waals surface area (Å²) in [5.41, 5.74) is -1.24. The van der Waals surface area contributed by atoms with E-state index in [1.165, 1.54) is 12.3 Å². The number of benzene rings is 2. The molecule has 48 heavy (non-hydrogen) atoms. The van der Waals surface area contributed by atoms with Gasteiger partial charge in [0.15, 0.2) is 0 Å². The van der Waals surface area contributed by atoms with Crippen molar-refractivity contribution in [3.8, 4) is 23.0 Å². The Morgan fingerprint density at radius 2 is 1.98 bits per heavy atom. The second-order valence-corrected chi connectivity index (χ2v) is 16.0. The molecule has 4 aliphatic heterocycles. The van der Waals surface area contributed by atoms with Gasteiger partial charge in [-0.25, -0.2) is 9.11 Å². The quantitative estimate of drug-likeness (QED) is 0.277. The van der Waals surface area contributed by atoms with Crippen molar-refractivity contribution in [2.75, 3.05) is 44.2 Å². The van der Waals surface area contributed by atoms with Gasteiger partial charge < -0.3 is 0 Å². The largest absolute Gasteiger partial charge is 0.193 e. The van der Waals surface area contributed by atoms with Gasteiger partial charge in [-0.05, 0) is 25.8 Å². The molecule has 0 amide bonds. The molecule has 8 rings (SSSR count). The number of nitrogens with one attached hydrogen (secondary N) is 2. The Balaban J connectivity index is 1.27. The van der Waals surface area contributed by atoms with Crippen molar-refractivity contribution >= 4 is 75.5 Å². The van der Waals surface area contributed by atoms with Crippen LogP contribution in [0.25, 0.3) is 32.9 Å². The number of anilines is 1. The maximum absolute atomic E-state index is 16.9. The average molecular weight is 894 g/mol. The van der Waals surface area contributed by atoms with E-state index in [9.17, 15) is 17.2 Å². The van der Waals surface area contributed by atoms with E-state index < -0.39 is 39.1 Å². The summed E-state index contributed by atoms with van der Waals surface area (Å²) in [4.78, 5) is 17.8. The van der Waals surface area contributed by atoms with Crippen LogP contribution in [0.1, 0.15) is 32.1 Å². The number of aromatic nitrogens is 3. The summed E-state index contributed by atoms with van der Waals surface area (Å²) in [5.74, 6) is -0.656. The first-order valence-corrected chi connectivity index (χ1v) is 19.4. The molecule has 1 spiro atoms.